The molecule has 0 saturated carbocycles. The van der Waals surface area contributed by atoms with Gasteiger partial charge < -0.3 is 10.2 Å². The number of anilines is 1. The Balaban J connectivity index is 2.03. The molecule has 1 aromatic rings. The smallest absolute Gasteiger partial charge is 0.211 e. The fraction of sp³-hybridized carbons (Fsp3) is 0.583. The lowest BCUT2D eigenvalue weighted by Gasteiger charge is -2.34. The third-order valence-corrected chi connectivity index (χ3v) is 4.48. The van der Waals surface area contributed by atoms with Gasteiger partial charge in [-0.2, -0.15) is 4.31 Å². The van der Waals surface area contributed by atoms with Crippen molar-refractivity contribution < 1.29 is 8.42 Å². The minimum atomic E-state index is -3.07. The maximum atomic E-state index is 11.5. The first-order valence-corrected chi connectivity index (χ1v) is 8.16. The SMILES string of the molecule is CNCc1cccc(N2CCN(S(C)(=O)=O)CC2)n1. The number of sulfonamides is 1. The monoisotopic (exact) mass is 284 g/mol. The van der Waals surface area contributed by atoms with Crippen LogP contribution in [0.2, 0.25) is 0 Å². The van der Waals surface area contributed by atoms with E-state index in [2.05, 4.69) is 15.2 Å². The van der Waals surface area contributed by atoms with E-state index in [1.807, 2.05) is 25.2 Å². The van der Waals surface area contributed by atoms with Crippen LogP contribution in [0, 0.1) is 0 Å². The third kappa shape index (κ3) is 3.65. The second kappa shape index (κ2) is 5.85. The zero-order valence-electron chi connectivity index (χ0n) is 11.3. The summed E-state index contributed by atoms with van der Waals surface area (Å²) in [5, 5.41) is 3.07. The van der Waals surface area contributed by atoms with E-state index < -0.39 is 10.0 Å². The van der Waals surface area contributed by atoms with Crippen molar-refractivity contribution in [3.05, 3.63) is 23.9 Å². The molecule has 0 spiro atoms. The molecule has 2 rings (SSSR count). The first-order chi connectivity index (χ1) is 9.00. The van der Waals surface area contributed by atoms with Gasteiger partial charge in [0.2, 0.25) is 10.0 Å². The van der Waals surface area contributed by atoms with Crippen LogP contribution in [0.25, 0.3) is 0 Å². The quantitative estimate of drug-likeness (QED) is 0.835. The van der Waals surface area contributed by atoms with Crippen LogP contribution in [0.15, 0.2) is 18.2 Å². The zero-order valence-corrected chi connectivity index (χ0v) is 12.2. The summed E-state index contributed by atoms with van der Waals surface area (Å²) in [7, 11) is -1.18. The Morgan fingerprint density at radius 1 is 1.26 bits per heavy atom. The molecule has 1 aliphatic heterocycles. The predicted octanol–water partition coefficient (Wildman–Crippen LogP) is -0.117. The maximum absolute atomic E-state index is 11.5. The summed E-state index contributed by atoms with van der Waals surface area (Å²) in [5.74, 6) is 0.918. The van der Waals surface area contributed by atoms with Crippen molar-refractivity contribution in [1.82, 2.24) is 14.6 Å². The summed E-state index contributed by atoms with van der Waals surface area (Å²) in [5.41, 5.74) is 0.991. The summed E-state index contributed by atoms with van der Waals surface area (Å²) in [6.07, 6.45) is 1.26. The largest absolute Gasteiger partial charge is 0.354 e. The van der Waals surface area contributed by atoms with Crippen molar-refractivity contribution in [2.75, 3.05) is 44.4 Å². The van der Waals surface area contributed by atoms with Crippen LogP contribution in [0.5, 0.6) is 0 Å². The van der Waals surface area contributed by atoms with Crippen molar-refractivity contribution in [2.45, 2.75) is 6.54 Å². The molecule has 7 heteroatoms. The summed E-state index contributed by atoms with van der Waals surface area (Å²) < 4.78 is 24.4. The van der Waals surface area contributed by atoms with Crippen LogP contribution >= 0.6 is 0 Å². The minimum absolute atomic E-state index is 0.525. The molecular formula is C12H20N4O2S. The molecular weight excluding hydrogens is 264 g/mol. The molecule has 0 unspecified atom stereocenters. The van der Waals surface area contributed by atoms with Gasteiger partial charge in [0.05, 0.1) is 11.9 Å². The van der Waals surface area contributed by atoms with E-state index in [0.717, 1.165) is 18.1 Å². The first-order valence-electron chi connectivity index (χ1n) is 6.31. The van der Waals surface area contributed by atoms with Gasteiger partial charge in [-0.25, -0.2) is 13.4 Å². The van der Waals surface area contributed by atoms with Gasteiger partial charge in [0.15, 0.2) is 0 Å². The van der Waals surface area contributed by atoms with Gasteiger partial charge >= 0.3 is 0 Å². The van der Waals surface area contributed by atoms with Crippen molar-refractivity contribution in [1.29, 1.82) is 0 Å². The molecule has 6 nitrogen and oxygen atoms in total. The Bertz CT molecular complexity index is 524. The third-order valence-electron chi connectivity index (χ3n) is 3.18. The summed E-state index contributed by atoms with van der Waals surface area (Å²) in [6, 6.07) is 5.93. The van der Waals surface area contributed by atoms with Crippen LogP contribution in [-0.4, -0.2) is 57.2 Å². The second-order valence-corrected chi connectivity index (χ2v) is 6.65. The van der Waals surface area contributed by atoms with E-state index in [1.165, 1.54) is 10.6 Å². The molecule has 19 heavy (non-hydrogen) atoms. The number of piperazine rings is 1. The van der Waals surface area contributed by atoms with Crippen molar-refractivity contribution in [2.24, 2.45) is 0 Å². The number of hydrogen-bond donors (Lipinski definition) is 1. The van der Waals surface area contributed by atoms with Gasteiger partial charge in [0.25, 0.3) is 0 Å². The molecule has 0 aromatic carbocycles. The lowest BCUT2D eigenvalue weighted by molar-refractivity contribution is 0.387. The summed E-state index contributed by atoms with van der Waals surface area (Å²) in [6.45, 7) is 3.15. The molecule has 1 N–H and O–H groups in total. The lowest BCUT2D eigenvalue weighted by Crippen LogP contribution is -2.48. The standard InChI is InChI=1S/C12H20N4O2S/c1-13-10-11-4-3-5-12(14-11)15-6-8-16(9-7-15)19(2,17)18/h3-5,13H,6-10H2,1-2H3. The molecule has 1 aromatic heterocycles. The molecule has 1 fully saturated rings. The van der Waals surface area contributed by atoms with Crippen molar-refractivity contribution in [3.63, 3.8) is 0 Å². The highest BCUT2D eigenvalue weighted by Crippen LogP contribution is 2.15. The number of nitrogens with one attached hydrogen (secondary N) is 1. The molecule has 0 amide bonds. The molecule has 2 heterocycles. The molecule has 0 bridgehead atoms. The highest BCUT2D eigenvalue weighted by Gasteiger charge is 2.23. The Hall–Kier alpha value is -1.18. The Labute approximate surface area is 114 Å². The highest BCUT2D eigenvalue weighted by molar-refractivity contribution is 7.88. The molecule has 1 aliphatic rings. The van der Waals surface area contributed by atoms with Gasteiger partial charge in [0.1, 0.15) is 5.82 Å². The minimum Gasteiger partial charge on any atom is -0.354 e. The van der Waals surface area contributed by atoms with Crippen LogP contribution in [0.4, 0.5) is 5.82 Å². The number of rotatable bonds is 4. The van der Waals surface area contributed by atoms with E-state index in [9.17, 15) is 8.42 Å². The average molecular weight is 284 g/mol. The normalized spacial score (nSPS) is 17.7. The maximum Gasteiger partial charge on any atom is 0.211 e. The van der Waals surface area contributed by atoms with Crippen molar-refractivity contribution >= 4 is 15.8 Å². The molecule has 1 saturated heterocycles. The number of aromatic nitrogens is 1. The zero-order chi connectivity index (χ0) is 13.9. The van der Waals surface area contributed by atoms with Gasteiger partial charge in [-0.15, -0.1) is 0 Å². The molecule has 0 radical (unpaired) electrons. The molecule has 106 valence electrons. The van der Waals surface area contributed by atoms with Crippen LogP contribution in [0.1, 0.15) is 5.69 Å². The highest BCUT2D eigenvalue weighted by atomic mass is 32.2. The second-order valence-electron chi connectivity index (χ2n) is 4.67. The fourth-order valence-electron chi connectivity index (χ4n) is 2.17. The molecule has 0 atom stereocenters. The van der Waals surface area contributed by atoms with Crippen LogP contribution < -0.4 is 10.2 Å². The Kier molecular flexibility index (Phi) is 4.38. The van der Waals surface area contributed by atoms with Gasteiger partial charge in [-0.3, -0.25) is 0 Å². The van der Waals surface area contributed by atoms with E-state index in [4.69, 9.17) is 0 Å². The van der Waals surface area contributed by atoms with E-state index in [1.54, 1.807) is 0 Å². The van der Waals surface area contributed by atoms with E-state index in [-0.39, 0.29) is 0 Å². The van der Waals surface area contributed by atoms with Crippen LogP contribution in [-0.2, 0) is 16.6 Å². The van der Waals surface area contributed by atoms with Gasteiger partial charge in [-0.05, 0) is 19.2 Å². The summed E-state index contributed by atoms with van der Waals surface area (Å²) in [4.78, 5) is 6.69. The van der Waals surface area contributed by atoms with Crippen LogP contribution in [0.3, 0.4) is 0 Å². The van der Waals surface area contributed by atoms with Gasteiger partial charge in [-0.1, -0.05) is 6.07 Å². The van der Waals surface area contributed by atoms with E-state index >= 15 is 0 Å². The van der Waals surface area contributed by atoms with Crippen molar-refractivity contribution in [3.8, 4) is 0 Å². The number of nitrogens with zero attached hydrogens (tertiary/aromatic N) is 3. The molecule has 0 aliphatic carbocycles. The number of pyridine rings is 1. The van der Waals surface area contributed by atoms with Gasteiger partial charge in [0, 0.05) is 32.7 Å². The Morgan fingerprint density at radius 2 is 1.95 bits per heavy atom. The first kappa shape index (κ1) is 14.2. The van der Waals surface area contributed by atoms with E-state index in [0.29, 0.717) is 26.2 Å². The average Bonchev–Trinajstić information content (AvgIpc) is 2.39. The summed E-state index contributed by atoms with van der Waals surface area (Å²) >= 11 is 0. The topological polar surface area (TPSA) is 65.5 Å². The lowest BCUT2D eigenvalue weighted by atomic mass is 10.3. The number of hydrogen-bond acceptors (Lipinski definition) is 5. The Morgan fingerprint density at radius 3 is 2.53 bits per heavy atom. The fourth-order valence-corrected chi connectivity index (χ4v) is 3.00. The predicted molar refractivity (Wildman–Crippen MR) is 75.6 cm³/mol.